The molecule has 0 aromatic heterocycles. The Hall–Kier alpha value is -2.08. The van der Waals surface area contributed by atoms with Gasteiger partial charge in [0.05, 0.1) is 79.3 Å². The number of hydrogen-bond donors (Lipinski definition) is 0. The Morgan fingerprint density at radius 3 is 1.43 bits per heavy atom. The molecule has 1 aromatic rings. The van der Waals surface area contributed by atoms with E-state index in [1.165, 1.54) is 0 Å². The molecule has 1 rings (SSSR count). The van der Waals surface area contributed by atoms with Crippen molar-refractivity contribution in [1.82, 2.24) is 0 Å². The van der Waals surface area contributed by atoms with E-state index in [1.54, 1.807) is 24.3 Å². The monoisotopic (exact) mass is 500 g/mol. The summed E-state index contributed by atoms with van der Waals surface area (Å²) in [5, 5.41) is 0. The summed E-state index contributed by atoms with van der Waals surface area (Å²) in [6.45, 7) is 8.28. The summed E-state index contributed by atoms with van der Waals surface area (Å²) in [5.41, 5.74) is 0.617. The molecular weight excluding hydrogens is 460 g/mol. The lowest BCUT2D eigenvalue weighted by Crippen LogP contribution is -2.15. The van der Waals surface area contributed by atoms with Crippen molar-refractivity contribution in [2.75, 3.05) is 92.5 Å². The zero-order valence-electron chi connectivity index (χ0n) is 20.8. The minimum Gasteiger partial charge on any atom is -0.491 e. The van der Waals surface area contributed by atoms with Crippen LogP contribution in [0.15, 0.2) is 24.3 Å². The van der Waals surface area contributed by atoms with Crippen molar-refractivity contribution in [3.8, 4) is 5.75 Å². The van der Waals surface area contributed by atoms with Gasteiger partial charge in [-0.2, -0.15) is 0 Å². The van der Waals surface area contributed by atoms with Crippen LogP contribution >= 0.6 is 0 Å². The van der Waals surface area contributed by atoms with Crippen molar-refractivity contribution in [2.24, 2.45) is 0 Å². The maximum absolute atomic E-state index is 11.1. The van der Waals surface area contributed by atoms with Crippen LogP contribution in [0.4, 0.5) is 0 Å². The van der Waals surface area contributed by atoms with E-state index in [0.717, 1.165) is 12.7 Å². The Balaban J connectivity index is 1.70. The molecule has 0 atom stereocenters. The van der Waals surface area contributed by atoms with E-state index < -0.39 is 0 Å². The zero-order chi connectivity index (χ0) is 25.2. The number of esters is 1. The summed E-state index contributed by atoms with van der Waals surface area (Å²) < 4.78 is 42.9. The lowest BCUT2D eigenvalue weighted by atomic mass is 10.2. The van der Waals surface area contributed by atoms with Crippen molar-refractivity contribution in [1.29, 1.82) is 0 Å². The molecule has 0 amide bonds. The Morgan fingerprint density at radius 2 is 1.03 bits per heavy atom. The average molecular weight is 501 g/mol. The second-order valence-corrected chi connectivity index (χ2v) is 7.18. The van der Waals surface area contributed by atoms with Crippen LogP contribution in [0.3, 0.4) is 0 Å². The number of rotatable bonds is 25. The molecular formula is C25H40O10. The third-order valence-electron chi connectivity index (χ3n) is 4.32. The highest BCUT2D eigenvalue weighted by Crippen LogP contribution is 2.10. The van der Waals surface area contributed by atoms with Crippen LogP contribution in [0.25, 0.3) is 0 Å². The van der Waals surface area contributed by atoms with E-state index in [4.69, 9.17) is 37.9 Å². The molecule has 0 aliphatic carbocycles. The molecule has 0 heterocycles. The number of carbonyl (C=O) groups excluding carboxylic acids is 2. The fraction of sp³-hybridized carbons (Fsp3) is 0.680. The SMILES string of the molecule is CCCC(=O)OCCOCCOCCOCCOCCOCCOCCOc1ccc(C=O)cc1. The average Bonchev–Trinajstić information content (AvgIpc) is 2.87. The summed E-state index contributed by atoms with van der Waals surface area (Å²) in [6.07, 6.45) is 2.02. The first kappa shape index (κ1) is 31.0. The second-order valence-electron chi connectivity index (χ2n) is 7.18. The molecule has 0 unspecified atom stereocenters. The van der Waals surface area contributed by atoms with Gasteiger partial charge >= 0.3 is 5.97 Å². The van der Waals surface area contributed by atoms with Crippen molar-refractivity contribution in [3.05, 3.63) is 29.8 Å². The van der Waals surface area contributed by atoms with Gasteiger partial charge in [0.25, 0.3) is 0 Å². The molecule has 0 saturated carbocycles. The molecule has 0 fully saturated rings. The van der Waals surface area contributed by atoms with E-state index in [0.29, 0.717) is 104 Å². The molecule has 0 N–H and O–H groups in total. The summed E-state index contributed by atoms with van der Waals surface area (Å²) in [4.78, 5) is 21.7. The Bertz CT molecular complexity index is 623. The van der Waals surface area contributed by atoms with Gasteiger partial charge in [-0.25, -0.2) is 0 Å². The van der Waals surface area contributed by atoms with E-state index in [-0.39, 0.29) is 12.6 Å². The van der Waals surface area contributed by atoms with Gasteiger partial charge in [0.2, 0.25) is 0 Å². The standard InChI is InChI=1S/C25H40O10/c1-2-3-25(27)35-21-19-33-17-15-31-13-11-29-9-8-28-10-12-30-14-16-32-18-20-34-24-6-4-23(22-26)5-7-24/h4-7,22H,2-3,8-21H2,1H3. The summed E-state index contributed by atoms with van der Waals surface area (Å²) in [7, 11) is 0. The van der Waals surface area contributed by atoms with Crippen LogP contribution in [0.2, 0.25) is 0 Å². The highest BCUT2D eigenvalue weighted by Gasteiger charge is 2.00. The molecule has 0 saturated heterocycles. The summed E-state index contributed by atoms with van der Waals surface area (Å²) >= 11 is 0. The first-order valence-electron chi connectivity index (χ1n) is 12.1. The minimum atomic E-state index is -0.189. The van der Waals surface area contributed by atoms with Gasteiger partial charge in [-0.3, -0.25) is 9.59 Å². The molecule has 200 valence electrons. The quantitative estimate of drug-likeness (QED) is 0.113. The van der Waals surface area contributed by atoms with Gasteiger partial charge in [-0.05, 0) is 30.7 Å². The molecule has 35 heavy (non-hydrogen) atoms. The summed E-state index contributed by atoms with van der Waals surface area (Å²) in [5.74, 6) is 0.513. The molecule has 0 radical (unpaired) electrons. The third-order valence-corrected chi connectivity index (χ3v) is 4.32. The van der Waals surface area contributed by atoms with Gasteiger partial charge < -0.3 is 37.9 Å². The molecule has 0 aliphatic heterocycles. The smallest absolute Gasteiger partial charge is 0.305 e. The van der Waals surface area contributed by atoms with Crippen LogP contribution < -0.4 is 4.74 Å². The lowest BCUT2D eigenvalue weighted by Gasteiger charge is -2.09. The van der Waals surface area contributed by atoms with Crippen molar-refractivity contribution >= 4 is 12.3 Å². The Labute approximate surface area is 208 Å². The number of hydrogen-bond acceptors (Lipinski definition) is 10. The molecule has 10 nitrogen and oxygen atoms in total. The molecule has 0 spiro atoms. The summed E-state index contributed by atoms with van der Waals surface area (Å²) in [6, 6.07) is 6.92. The van der Waals surface area contributed by atoms with Crippen LogP contribution in [0.5, 0.6) is 5.75 Å². The largest absolute Gasteiger partial charge is 0.491 e. The van der Waals surface area contributed by atoms with Gasteiger partial charge in [0.15, 0.2) is 0 Å². The second kappa shape index (κ2) is 23.7. The number of ether oxygens (including phenoxy) is 8. The van der Waals surface area contributed by atoms with Gasteiger partial charge in [0.1, 0.15) is 25.2 Å². The normalized spacial score (nSPS) is 10.9. The Morgan fingerprint density at radius 1 is 0.629 bits per heavy atom. The molecule has 0 aliphatic rings. The minimum absolute atomic E-state index is 0.189. The lowest BCUT2D eigenvalue weighted by molar-refractivity contribution is -0.145. The highest BCUT2D eigenvalue weighted by molar-refractivity contribution is 5.74. The van der Waals surface area contributed by atoms with Crippen LogP contribution in [0, 0.1) is 0 Å². The maximum Gasteiger partial charge on any atom is 0.305 e. The maximum atomic E-state index is 11.1. The fourth-order valence-corrected chi connectivity index (χ4v) is 2.55. The Kier molecular flexibility index (Phi) is 20.9. The van der Waals surface area contributed by atoms with E-state index >= 15 is 0 Å². The number of aldehydes is 1. The van der Waals surface area contributed by atoms with E-state index in [1.807, 2.05) is 6.92 Å². The fourth-order valence-electron chi connectivity index (χ4n) is 2.55. The molecule has 1 aromatic carbocycles. The van der Waals surface area contributed by atoms with E-state index in [2.05, 4.69) is 0 Å². The van der Waals surface area contributed by atoms with Gasteiger partial charge in [0, 0.05) is 12.0 Å². The van der Waals surface area contributed by atoms with E-state index in [9.17, 15) is 9.59 Å². The van der Waals surface area contributed by atoms with Crippen molar-refractivity contribution in [2.45, 2.75) is 19.8 Å². The predicted molar refractivity (Wildman–Crippen MR) is 128 cm³/mol. The number of benzene rings is 1. The van der Waals surface area contributed by atoms with Gasteiger partial charge in [-0.15, -0.1) is 0 Å². The number of carbonyl (C=O) groups is 2. The zero-order valence-corrected chi connectivity index (χ0v) is 20.8. The van der Waals surface area contributed by atoms with Crippen LogP contribution in [0.1, 0.15) is 30.1 Å². The first-order chi connectivity index (χ1) is 17.3. The predicted octanol–water partition coefficient (Wildman–Crippen LogP) is 2.32. The topological polar surface area (TPSA) is 108 Å². The van der Waals surface area contributed by atoms with Gasteiger partial charge in [-0.1, -0.05) is 6.92 Å². The molecule has 0 bridgehead atoms. The van der Waals surface area contributed by atoms with Crippen LogP contribution in [-0.2, 0) is 38.0 Å². The third kappa shape index (κ3) is 19.9. The first-order valence-corrected chi connectivity index (χ1v) is 12.1. The van der Waals surface area contributed by atoms with Crippen LogP contribution in [-0.4, -0.2) is 105 Å². The van der Waals surface area contributed by atoms with Crippen molar-refractivity contribution in [3.63, 3.8) is 0 Å². The van der Waals surface area contributed by atoms with Crippen molar-refractivity contribution < 1.29 is 47.5 Å². The highest BCUT2D eigenvalue weighted by atomic mass is 16.6. The molecule has 10 heteroatoms.